The molecule has 2 nitrogen and oxygen atoms in total. The van der Waals surface area contributed by atoms with Crippen LogP contribution in [0.4, 0.5) is 5.69 Å². The van der Waals surface area contributed by atoms with Crippen molar-refractivity contribution < 1.29 is 0 Å². The molecule has 1 heterocycles. The Labute approximate surface area is 124 Å². The first-order chi connectivity index (χ1) is 9.72. The van der Waals surface area contributed by atoms with E-state index in [1.807, 2.05) is 0 Å². The number of para-hydroxylation sites is 1. The Balaban J connectivity index is 2.16. The molecule has 0 aliphatic carbocycles. The lowest BCUT2D eigenvalue weighted by Crippen LogP contribution is -2.40. The van der Waals surface area contributed by atoms with E-state index in [-0.39, 0.29) is 0 Å². The molecule has 1 fully saturated rings. The maximum absolute atomic E-state index is 3.56. The van der Waals surface area contributed by atoms with Crippen molar-refractivity contribution in [3.63, 3.8) is 0 Å². The quantitative estimate of drug-likeness (QED) is 0.830. The van der Waals surface area contributed by atoms with Crippen molar-refractivity contribution in [2.75, 3.05) is 11.4 Å². The summed E-state index contributed by atoms with van der Waals surface area (Å²) >= 11 is 0. The lowest BCUT2D eigenvalue weighted by atomic mass is 9.96. The van der Waals surface area contributed by atoms with Gasteiger partial charge in [-0.05, 0) is 37.3 Å². The molecule has 1 aromatic carbocycles. The number of nitrogens with one attached hydrogen (secondary N) is 1. The summed E-state index contributed by atoms with van der Waals surface area (Å²) in [7, 11) is 0. The summed E-state index contributed by atoms with van der Waals surface area (Å²) < 4.78 is 0. The number of piperidine rings is 1. The van der Waals surface area contributed by atoms with Crippen molar-refractivity contribution in [2.24, 2.45) is 0 Å². The van der Waals surface area contributed by atoms with Crippen molar-refractivity contribution in [1.29, 1.82) is 0 Å². The summed E-state index contributed by atoms with van der Waals surface area (Å²) in [6.45, 7) is 8.93. The Hall–Kier alpha value is -1.02. The highest BCUT2D eigenvalue weighted by atomic mass is 15.2. The predicted molar refractivity (Wildman–Crippen MR) is 88.3 cm³/mol. The van der Waals surface area contributed by atoms with Crippen molar-refractivity contribution in [3.05, 3.63) is 29.8 Å². The number of anilines is 1. The number of hydrogen-bond donors (Lipinski definition) is 1. The van der Waals surface area contributed by atoms with Crippen LogP contribution in [0.5, 0.6) is 0 Å². The maximum Gasteiger partial charge on any atom is 0.0414 e. The normalized spacial score (nSPS) is 19.6. The van der Waals surface area contributed by atoms with Gasteiger partial charge in [0.25, 0.3) is 0 Å². The summed E-state index contributed by atoms with van der Waals surface area (Å²) in [5, 5.41) is 3.56. The molecule has 1 unspecified atom stereocenters. The van der Waals surface area contributed by atoms with Gasteiger partial charge in [0.1, 0.15) is 0 Å². The molecule has 0 bridgehead atoms. The number of hydrogen-bond acceptors (Lipinski definition) is 2. The molecular formula is C18H30N2. The van der Waals surface area contributed by atoms with Gasteiger partial charge in [-0.3, -0.25) is 0 Å². The first-order valence-electron chi connectivity index (χ1n) is 8.30. The average molecular weight is 274 g/mol. The Morgan fingerprint density at radius 1 is 1.25 bits per heavy atom. The fourth-order valence-corrected chi connectivity index (χ4v) is 3.21. The van der Waals surface area contributed by atoms with Gasteiger partial charge in [0.05, 0.1) is 0 Å². The van der Waals surface area contributed by atoms with Crippen LogP contribution in [0, 0.1) is 0 Å². The fourth-order valence-electron chi connectivity index (χ4n) is 3.21. The Morgan fingerprint density at radius 3 is 2.80 bits per heavy atom. The zero-order chi connectivity index (χ0) is 14.4. The number of rotatable bonds is 6. The van der Waals surface area contributed by atoms with Crippen LogP contribution >= 0.6 is 0 Å². The summed E-state index contributed by atoms with van der Waals surface area (Å²) in [5.41, 5.74) is 2.91. The van der Waals surface area contributed by atoms with Gasteiger partial charge in [0, 0.05) is 30.9 Å². The van der Waals surface area contributed by atoms with Crippen molar-refractivity contribution >= 4 is 5.69 Å². The second-order valence-corrected chi connectivity index (χ2v) is 6.30. The van der Waals surface area contributed by atoms with Crippen molar-refractivity contribution in [3.8, 4) is 0 Å². The van der Waals surface area contributed by atoms with E-state index in [1.165, 1.54) is 49.9 Å². The minimum absolute atomic E-state index is 0.538. The Bertz CT molecular complexity index is 398. The van der Waals surface area contributed by atoms with E-state index in [0.29, 0.717) is 6.04 Å². The standard InChI is InChI=1S/C18H30N2/c1-4-9-17-11-7-8-13-20(17)18-12-6-5-10-16(18)14-19-15(2)3/h5-6,10,12,15,17,19H,4,7-9,11,13-14H2,1-3H3. The number of benzene rings is 1. The predicted octanol–water partition coefficient (Wildman–Crippen LogP) is 4.34. The monoisotopic (exact) mass is 274 g/mol. The van der Waals surface area contributed by atoms with Crippen LogP contribution < -0.4 is 10.2 Å². The Morgan fingerprint density at radius 2 is 2.05 bits per heavy atom. The van der Waals surface area contributed by atoms with Gasteiger partial charge in [-0.15, -0.1) is 0 Å². The van der Waals surface area contributed by atoms with Gasteiger partial charge in [-0.1, -0.05) is 45.4 Å². The van der Waals surface area contributed by atoms with Gasteiger partial charge in [-0.2, -0.15) is 0 Å². The highest BCUT2D eigenvalue weighted by molar-refractivity contribution is 5.54. The molecule has 0 spiro atoms. The molecule has 0 radical (unpaired) electrons. The second-order valence-electron chi connectivity index (χ2n) is 6.30. The molecule has 1 aliphatic rings. The third kappa shape index (κ3) is 3.99. The van der Waals surface area contributed by atoms with Gasteiger partial charge >= 0.3 is 0 Å². The zero-order valence-corrected chi connectivity index (χ0v) is 13.4. The summed E-state index contributed by atoms with van der Waals surface area (Å²) in [5.74, 6) is 0. The topological polar surface area (TPSA) is 15.3 Å². The van der Waals surface area contributed by atoms with Crippen LogP contribution in [0.25, 0.3) is 0 Å². The molecule has 1 atom stereocenters. The smallest absolute Gasteiger partial charge is 0.0414 e. The van der Waals surface area contributed by atoms with Crippen molar-refractivity contribution in [1.82, 2.24) is 5.32 Å². The SMILES string of the molecule is CCCC1CCCCN1c1ccccc1CNC(C)C. The van der Waals surface area contributed by atoms with Crippen LogP contribution in [0.3, 0.4) is 0 Å². The first-order valence-corrected chi connectivity index (χ1v) is 8.30. The zero-order valence-electron chi connectivity index (χ0n) is 13.4. The van der Waals surface area contributed by atoms with Gasteiger partial charge < -0.3 is 10.2 Å². The molecular weight excluding hydrogens is 244 g/mol. The van der Waals surface area contributed by atoms with E-state index in [2.05, 4.69) is 55.3 Å². The average Bonchev–Trinajstić information content (AvgIpc) is 2.46. The minimum Gasteiger partial charge on any atom is -0.368 e. The molecule has 0 amide bonds. The van der Waals surface area contributed by atoms with E-state index in [9.17, 15) is 0 Å². The van der Waals surface area contributed by atoms with E-state index in [0.717, 1.165) is 12.6 Å². The molecule has 1 saturated heterocycles. The molecule has 112 valence electrons. The molecule has 1 aliphatic heterocycles. The molecule has 0 saturated carbocycles. The first kappa shape index (κ1) is 15.4. The lowest BCUT2D eigenvalue weighted by molar-refractivity contribution is 0.433. The van der Waals surface area contributed by atoms with Gasteiger partial charge in [-0.25, -0.2) is 0 Å². The summed E-state index contributed by atoms with van der Waals surface area (Å²) in [6.07, 6.45) is 6.71. The third-order valence-electron chi connectivity index (χ3n) is 4.25. The largest absolute Gasteiger partial charge is 0.368 e. The van der Waals surface area contributed by atoms with E-state index >= 15 is 0 Å². The van der Waals surface area contributed by atoms with Crippen LogP contribution in [-0.4, -0.2) is 18.6 Å². The molecule has 1 N–H and O–H groups in total. The van der Waals surface area contributed by atoms with Crippen LogP contribution in [0.15, 0.2) is 24.3 Å². The minimum atomic E-state index is 0.538. The van der Waals surface area contributed by atoms with Crippen LogP contribution in [-0.2, 0) is 6.54 Å². The fraction of sp³-hybridized carbons (Fsp3) is 0.667. The van der Waals surface area contributed by atoms with Crippen molar-refractivity contribution in [2.45, 2.75) is 71.5 Å². The Kier molecular flexibility index (Phi) is 5.90. The lowest BCUT2D eigenvalue weighted by Gasteiger charge is -2.39. The highest BCUT2D eigenvalue weighted by Crippen LogP contribution is 2.30. The van der Waals surface area contributed by atoms with Crippen LogP contribution in [0.2, 0.25) is 0 Å². The van der Waals surface area contributed by atoms with E-state index in [1.54, 1.807) is 0 Å². The number of nitrogens with zero attached hydrogens (tertiary/aromatic N) is 1. The summed E-state index contributed by atoms with van der Waals surface area (Å²) in [6, 6.07) is 10.2. The van der Waals surface area contributed by atoms with Gasteiger partial charge in [0.2, 0.25) is 0 Å². The maximum atomic E-state index is 3.56. The van der Waals surface area contributed by atoms with Gasteiger partial charge in [0.15, 0.2) is 0 Å². The molecule has 1 aromatic rings. The molecule has 2 rings (SSSR count). The highest BCUT2D eigenvalue weighted by Gasteiger charge is 2.23. The molecule has 0 aromatic heterocycles. The summed E-state index contributed by atoms with van der Waals surface area (Å²) in [4.78, 5) is 2.67. The van der Waals surface area contributed by atoms with E-state index < -0.39 is 0 Å². The molecule has 20 heavy (non-hydrogen) atoms. The second kappa shape index (κ2) is 7.68. The van der Waals surface area contributed by atoms with Crippen LogP contribution in [0.1, 0.15) is 58.4 Å². The third-order valence-corrected chi connectivity index (χ3v) is 4.25. The van der Waals surface area contributed by atoms with E-state index in [4.69, 9.17) is 0 Å². The molecule has 2 heteroatoms.